The Hall–Kier alpha value is -2.05. The molecule has 0 saturated heterocycles. The van der Waals surface area contributed by atoms with Crippen LogP contribution in [-0.4, -0.2) is 16.2 Å². The Labute approximate surface area is 113 Å². The summed E-state index contributed by atoms with van der Waals surface area (Å²) >= 11 is 0. The normalized spacial score (nSPS) is 12.7. The highest BCUT2D eigenvalue weighted by molar-refractivity contribution is 5.41. The third-order valence-corrected chi connectivity index (χ3v) is 2.79. The van der Waals surface area contributed by atoms with Gasteiger partial charge < -0.3 is 5.32 Å². The van der Waals surface area contributed by atoms with E-state index in [0.717, 1.165) is 16.8 Å². The van der Waals surface area contributed by atoms with E-state index in [1.807, 2.05) is 0 Å². The van der Waals surface area contributed by atoms with Crippen molar-refractivity contribution in [3.05, 3.63) is 47.8 Å². The minimum absolute atomic E-state index is 0.311. The first-order valence-corrected chi connectivity index (χ1v) is 5.98. The second kappa shape index (κ2) is 5.94. The molecule has 108 valence electrons. The molecule has 0 unspecified atom stereocenters. The Kier molecular flexibility index (Phi) is 4.26. The molecule has 0 amide bonds. The van der Waals surface area contributed by atoms with E-state index in [1.54, 1.807) is 6.92 Å². The Bertz CT molecular complexity index is 583. The van der Waals surface area contributed by atoms with Crippen LogP contribution < -0.4 is 5.32 Å². The quantitative estimate of drug-likeness (QED) is 0.852. The number of hydrogen-bond donors (Lipinski definition) is 1. The molecule has 2 rings (SSSR count). The second-order valence-electron chi connectivity index (χ2n) is 4.38. The summed E-state index contributed by atoms with van der Waals surface area (Å²) in [6.07, 6.45) is 0.354. The SMILES string of the molecule is C[C@@H](Nc1cnn(CC(F)F)c1)c1ccc(F)c(F)c1. The van der Waals surface area contributed by atoms with E-state index >= 15 is 0 Å². The first-order chi connectivity index (χ1) is 9.45. The molecule has 1 aromatic carbocycles. The number of rotatable bonds is 5. The molecule has 3 nitrogen and oxygen atoms in total. The van der Waals surface area contributed by atoms with Gasteiger partial charge in [0.15, 0.2) is 11.6 Å². The molecule has 1 heterocycles. The average Bonchev–Trinajstić information content (AvgIpc) is 2.79. The first kappa shape index (κ1) is 14.4. The number of alkyl halides is 2. The third kappa shape index (κ3) is 3.49. The van der Waals surface area contributed by atoms with Crippen LogP contribution in [0.5, 0.6) is 0 Å². The maximum atomic E-state index is 13.1. The maximum Gasteiger partial charge on any atom is 0.257 e. The number of nitrogens with zero attached hydrogens (tertiary/aromatic N) is 2. The fraction of sp³-hybridized carbons (Fsp3) is 0.308. The largest absolute Gasteiger partial charge is 0.376 e. The van der Waals surface area contributed by atoms with Gasteiger partial charge in [-0.1, -0.05) is 6.07 Å². The topological polar surface area (TPSA) is 29.9 Å². The fourth-order valence-electron chi connectivity index (χ4n) is 1.79. The van der Waals surface area contributed by atoms with Crippen molar-refractivity contribution >= 4 is 5.69 Å². The monoisotopic (exact) mass is 287 g/mol. The highest BCUT2D eigenvalue weighted by Crippen LogP contribution is 2.20. The van der Waals surface area contributed by atoms with Crippen LogP contribution in [0.25, 0.3) is 0 Å². The highest BCUT2D eigenvalue weighted by atomic mass is 19.3. The fourth-order valence-corrected chi connectivity index (χ4v) is 1.79. The molecule has 0 aliphatic carbocycles. The van der Waals surface area contributed by atoms with Gasteiger partial charge in [-0.2, -0.15) is 5.10 Å². The molecule has 2 aromatic rings. The van der Waals surface area contributed by atoms with Crippen LogP contribution in [0.2, 0.25) is 0 Å². The number of aromatic nitrogens is 2. The standard InChI is InChI=1S/C13H13F4N3/c1-8(9-2-3-11(14)12(15)4-9)19-10-5-18-20(6-10)7-13(16)17/h2-6,8,13,19H,7H2,1H3/t8-/m1/s1. The van der Waals surface area contributed by atoms with Crippen molar-refractivity contribution in [1.29, 1.82) is 0 Å². The third-order valence-electron chi connectivity index (χ3n) is 2.79. The summed E-state index contributed by atoms with van der Waals surface area (Å²) in [7, 11) is 0. The molecular formula is C13H13F4N3. The molecule has 7 heteroatoms. The zero-order valence-electron chi connectivity index (χ0n) is 10.7. The summed E-state index contributed by atoms with van der Waals surface area (Å²) in [6, 6.07) is 3.29. The van der Waals surface area contributed by atoms with E-state index in [2.05, 4.69) is 10.4 Å². The number of halogens is 4. The van der Waals surface area contributed by atoms with E-state index in [-0.39, 0.29) is 6.04 Å². The lowest BCUT2D eigenvalue weighted by Gasteiger charge is -2.14. The number of hydrogen-bond acceptors (Lipinski definition) is 2. The molecule has 1 aromatic heterocycles. The van der Waals surface area contributed by atoms with Gasteiger partial charge in [0.1, 0.15) is 6.54 Å². The maximum absolute atomic E-state index is 13.1. The molecule has 1 atom stereocenters. The Balaban J connectivity index is 2.05. The van der Waals surface area contributed by atoms with Crippen molar-refractivity contribution in [2.24, 2.45) is 0 Å². The summed E-state index contributed by atoms with van der Waals surface area (Å²) in [4.78, 5) is 0. The summed E-state index contributed by atoms with van der Waals surface area (Å²) in [6.45, 7) is 1.26. The van der Waals surface area contributed by atoms with Crippen molar-refractivity contribution in [2.45, 2.75) is 25.9 Å². The van der Waals surface area contributed by atoms with Gasteiger partial charge >= 0.3 is 0 Å². The van der Waals surface area contributed by atoms with Gasteiger partial charge in [-0.3, -0.25) is 4.68 Å². The smallest absolute Gasteiger partial charge is 0.257 e. The average molecular weight is 287 g/mol. The number of benzene rings is 1. The Morgan fingerprint density at radius 3 is 2.65 bits per heavy atom. The molecule has 0 radical (unpaired) electrons. The summed E-state index contributed by atoms with van der Waals surface area (Å²) in [5.74, 6) is -1.84. The molecule has 1 N–H and O–H groups in total. The first-order valence-electron chi connectivity index (χ1n) is 5.98. The molecule has 0 fully saturated rings. The van der Waals surface area contributed by atoms with E-state index < -0.39 is 24.6 Å². The predicted octanol–water partition coefficient (Wildman–Crippen LogP) is 3.60. The molecule has 0 aliphatic heterocycles. The summed E-state index contributed by atoms with van der Waals surface area (Å²) < 4.78 is 51.4. The molecule has 0 aliphatic rings. The van der Waals surface area contributed by atoms with Crippen LogP contribution in [0.15, 0.2) is 30.6 Å². The van der Waals surface area contributed by atoms with Crippen LogP contribution in [-0.2, 0) is 6.54 Å². The van der Waals surface area contributed by atoms with Crippen LogP contribution in [0.1, 0.15) is 18.5 Å². The van der Waals surface area contributed by atoms with Crippen molar-refractivity contribution in [3.63, 3.8) is 0 Å². The molecular weight excluding hydrogens is 274 g/mol. The van der Waals surface area contributed by atoms with Gasteiger partial charge in [0.2, 0.25) is 0 Å². The van der Waals surface area contributed by atoms with Gasteiger partial charge in [0, 0.05) is 12.2 Å². The van der Waals surface area contributed by atoms with Crippen LogP contribution in [0.4, 0.5) is 23.2 Å². The van der Waals surface area contributed by atoms with Crippen molar-refractivity contribution in [1.82, 2.24) is 9.78 Å². The van der Waals surface area contributed by atoms with Crippen molar-refractivity contribution in [3.8, 4) is 0 Å². The van der Waals surface area contributed by atoms with E-state index in [1.165, 1.54) is 18.5 Å². The van der Waals surface area contributed by atoms with Crippen LogP contribution in [0.3, 0.4) is 0 Å². The minimum atomic E-state index is -2.48. The van der Waals surface area contributed by atoms with Gasteiger partial charge in [0.25, 0.3) is 6.43 Å². The molecule has 0 bridgehead atoms. The number of nitrogens with one attached hydrogen (secondary N) is 1. The lowest BCUT2D eigenvalue weighted by Crippen LogP contribution is -2.08. The highest BCUT2D eigenvalue weighted by Gasteiger charge is 2.11. The van der Waals surface area contributed by atoms with Crippen LogP contribution >= 0.6 is 0 Å². The van der Waals surface area contributed by atoms with Gasteiger partial charge in [-0.25, -0.2) is 17.6 Å². The zero-order valence-corrected chi connectivity index (χ0v) is 10.7. The van der Waals surface area contributed by atoms with E-state index in [4.69, 9.17) is 0 Å². The lowest BCUT2D eigenvalue weighted by molar-refractivity contribution is 0.122. The predicted molar refractivity (Wildman–Crippen MR) is 66.6 cm³/mol. The van der Waals surface area contributed by atoms with E-state index in [9.17, 15) is 17.6 Å². The van der Waals surface area contributed by atoms with Crippen molar-refractivity contribution in [2.75, 3.05) is 5.32 Å². The second-order valence-corrected chi connectivity index (χ2v) is 4.38. The summed E-state index contributed by atoms with van der Waals surface area (Å²) in [5.41, 5.74) is 1.08. The van der Waals surface area contributed by atoms with Gasteiger partial charge in [-0.05, 0) is 24.6 Å². The summed E-state index contributed by atoms with van der Waals surface area (Å²) in [5, 5.41) is 6.76. The van der Waals surface area contributed by atoms with E-state index in [0.29, 0.717) is 11.3 Å². The molecule has 20 heavy (non-hydrogen) atoms. The minimum Gasteiger partial charge on any atom is -0.376 e. The van der Waals surface area contributed by atoms with Crippen LogP contribution in [0, 0.1) is 11.6 Å². The molecule has 0 spiro atoms. The Morgan fingerprint density at radius 1 is 1.25 bits per heavy atom. The lowest BCUT2D eigenvalue weighted by atomic mass is 10.1. The Morgan fingerprint density at radius 2 is 2.00 bits per heavy atom. The van der Waals surface area contributed by atoms with Gasteiger partial charge in [-0.15, -0.1) is 0 Å². The zero-order chi connectivity index (χ0) is 14.7. The molecule has 0 saturated carbocycles. The van der Waals surface area contributed by atoms with Crippen molar-refractivity contribution < 1.29 is 17.6 Å². The number of anilines is 1. The van der Waals surface area contributed by atoms with Gasteiger partial charge in [0.05, 0.1) is 11.9 Å².